The number of rotatable bonds is 2. The van der Waals surface area contributed by atoms with Gasteiger partial charge in [-0.25, -0.2) is 0 Å². The Hall–Kier alpha value is 0.170. The first-order valence-corrected chi connectivity index (χ1v) is 3.36. The number of hydrogen-bond donors (Lipinski definition) is 2. The molecule has 1 atom stereocenters. The minimum atomic E-state index is 0. The van der Waals surface area contributed by atoms with Crippen LogP contribution in [0.5, 0.6) is 0 Å². The Balaban J connectivity index is 0.000000810. The largest absolute Gasteiger partial charge is 0.396 e. The molecule has 1 aliphatic heterocycles. The number of ether oxygens (including phenoxy) is 1. The maximum atomic E-state index is 8.51. The summed E-state index contributed by atoms with van der Waals surface area (Å²) in [5.74, 6) is 0. The fraction of sp³-hybridized carbons (Fsp3) is 1.00. The van der Waals surface area contributed by atoms with Crippen LogP contribution in [0, 0.1) is 0 Å². The van der Waals surface area contributed by atoms with Crippen LogP contribution in [0.3, 0.4) is 0 Å². The Morgan fingerprint density at radius 2 is 2.40 bits per heavy atom. The third-order valence-corrected chi connectivity index (χ3v) is 1.46. The minimum Gasteiger partial charge on any atom is -0.396 e. The highest BCUT2D eigenvalue weighted by Crippen LogP contribution is 1.98. The van der Waals surface area contributed by atoms with Crippen molar-refractivity contribution >= 4 is 12.4 Å². The number of hydrogen-bond acceptors (Lipinski definition) is 3. The van der Waals surface area contributed by atoms with Crippen molar-refractivity contribution < 1.29 is 9.84 Å². The van der Waals surface area contributed by atoms with Gasteiger partial charge in [-0.2, -0.15) is 0 Å². The van der Waals surface area contributed by atoms with Crippen molar-refractivity contribution in [1.82, 2.24) is 5.32 Å². The molecule has 0 spiro atoms. The Bertz CT molecular complexity index is 73.4. The molecule has 3 nitrogen and oxygen atoms in total. The number of aliphatic hydroxyl groups is 1. The highest BCUT2D eigenvalue weighted by Gasteiger charge is 2.11. The van der Waals surface area contributed by atoms with E-state index in [0.717, 1.165) is 26.1 Å². The van der Waals surface area contributed by atoms with E-state index in [9.17, 15) is 0 Å². The molecule has 10 heavy (non-hydrogen) atoms. The van der Waals surface area contributed by atoms with Gasteiger partial charge in [0.25, 0.3) is 0 Å². The third-order valence-electron chi connectivity index (χ3n) is 1.46. The lowest BCUT2D eigenvalue weighted by Crippen LogP contribution is -2.38. The quantitative estimate of drug-likeness (QED) is 0.598. The van der Waals surface area contributed by atoms with E-state index in [1.165, 1.54) is 0 Å². The summed E-state index contributed by atoms with van der Waals surface area (Å²) >= 11 is 0. The molecule has 1 rings (SSSR count). The van der Waals surface area contributed by atoms with Crippen LogP contribution < -0.4 is 5.32 Å². The van der Waals surface area contributed by atoms with Crippen LogP contribution >= 0.6 is 12.4 Å². The third kappa shape index (κ3) is 3.37. The van der Waals surface area contributed by atoms with Gasteiger partial charge in [0.2, 0.25) is 0 Å². The number of nitrogens with one attached hydrogen (secondary N) is 1. The van der Waals surface area contributed by atoms with Crippen molar-refractivity contribution in [1.29, 1.82) is 0 Å². The molecule has 4 heteroatoms. The molecule has 0 aromatic rings. The molecule has 0 aliphatic carbocycles. The summed E-state index contributed by atoms with van der Waals surface area (Å²) in [6.45, 7) is 2.85. The molecule has 2 N–H and O–H groups in total. The molecule has 1 aliphatic rings. The first-order chi connectivity index (χ1) is 4.43. The Labute approximate surface area is 67.2 Å². The zero-order chi connectivity index (χ0) is 6.53. The Morgan fingerprint density at radius 3 is 2.90 bits per heavy atom. The second kappa shape index (κ2) is 5.92. The molecular weight excluding hydrogens is 154 g/mol. The van der Waals surface area contributed by atoms with E-state index in [-0.39, 0.29) is 25.1 Å². The lowest BCUT2D eigenvalue weighted by molar-refractivity contribution is 0.0139. The molecular formula is C6H14ClNO2. The predicted octanol–water partition coefficient (Wildman–Crippen LogP) is -0.221. The molecule has 0 unspecified atom stereocenters. The van der Waals surface area contributed by atoms with E-state index >= 15 is 0 Å². The van der Waals surface area contributed by atoms with Gasteiger partial charge in [-0.05, 0) is 6.42 Å². The van der Waals surface area contributed by atoms with Crippen molar-refractivity contribution in [3.05, 3.63) is 0 Å². The lowest BCUT2D eigenvalue weighted by Gasteiger charge is -2.22. The molecule has 1 saturated heterocycles. The van der Waals surface area contributed by atoms with Gasteiger partial charge in [0.15, 0.2) is 0 Å². The van der Waals surface area contributed by atoms with Crippen molar-refractivity contribution in [2.45, 2.75) is 12.5 Å². The van der Waals surface area contributed by atoms with Crippen LogP contribution in [0.15, 0.2) is 0 Å². The second-order valence-electron chi connectivity index (χ2n) is 2.21. The summed E-state index contributed by atoms with van der Waals surface area (Å²) in [4.78, 5) is 0. The van der Waals surface area contributed by atoms with Gasteiger partial charge in [-0.3, -0.25) is 0 Å². The standard InChI is InChI=1S/C6H13NO2.ClH/c8-3-1-6-5-7-2-4-9-6;/h6-8H,1-5H2;1H/t6-;/m1./s1. The molecule has 0 bridgehead atoms. The van der Waals surface area contributed by atoms with Crippen molar-refractivity contribution in [2.24, 2.45) is 0 Å². The summed E-state index contributed by atoms with van der Waals surface area (Å²) < 4.78 is 5.30. The van der Waals surface area contributed by atoms with E-state index in [0.29, 0.717) is 0 Å². The van der Waals surface area contributed by atoms with Gasteiger partial charge in [-0.1, -0.05) is 0 Å². The molecule has 0 radical (unpaired) electrons. The maximum absolute atomic E-state index is 8.51. The molecule has 0 aromatic carbocycles. The number of aliphatic hydroxyl groups excluding tert-OH is 1. The lowest BCUT2D eigenvalue weighted by atomic mass is 10.2. The van der Waals surface area contributed by atoms with Crippen LogP contribution in [-0.4, -0.2) is 37.5 Å². The molecule has 1 heterocycles. The zero-order valence-electron chi connectivity index (χ0n) is 5.88. The molecule has 1 fully saturated rings. The van der Waals surface area contributed by atoms with E-state index in [1.54, 1.807) is 0 Å². The topological polar surface area (TPSA) is 41.5 Å². The number of halogens is 1. The van der Waals surface area contributed by atoms with Crippen LogP contribution in [0.1, 0.15) is 6.42 Å². The highest BCUT2D eigenvalue weighted by molar-refractivity contribution is 5.85. The predicted molar refractivity (Wildman–Crippen MR) is 41.6 cm³/mol. The van der Waals surface area contributed by atoms with Gasteiger partial charge < -0.3 is 15.2 Å². The zero-order valence-corrected chi connectivity index (χ0v) is 6.69. The van der Waals surface area contributed by atoms with Crippen molar-refractivity contribution in [3.8, 4) is 0 Å². The SMILES string of the molecule is Cl.OCC[C@@H]1CNCCO1. The van der Waals surface area contributed by atoms with E-state index in [1.807, 2.05) is 0 Å². The van der Waals surface area contributed by atoms with E-state index in [4.69, 9.17) is 9.84 Å². The van der Waals surface area contributed by atoms with Crippen LogP contribution in [0.2, 0.25) is 0 Å². The van der Waals surface area contributed by atoms with E-state index in [2.05, 4.69) is 5.32 Å². The summed E-state index contributed by atoms with van der Waals surface area (Å²) in [6, 6.07) is 0. The fourth-order valence-electron chi connectivity index (χ4n) is 0.949. The van der Waals surface area contributed by atoms with Crippen LogP contribution in [0.25, 0.3) is 0 Å². The smallest absolute Gasteiger partial charge is 0.0721 e. The maximum Gasteiger partial charge on any atom is 0.0721 e. The van der Waals surface area contributed by atoms with E-state index < -0.39 is 0 Å². The molecule has 62 valence electrons. The van der Waals surface area contributed by atoms with Gasteiger partial charge in [0.1, 0.15) is 0 Å². The van der Waals surface area contributed by atoms with Gasteiger partial charge in [0, 0.05) is 19.7 Å². The monoisotopic (exact) mass is 167 g/mol. The second-order valence-corrected chi connectivity index (χ2v) is 2.21. The van der Waals surface area contributed by atoms with Gasteiger partial charge >= 0.3 is 0 Å². The Morgan fingerprint density at radius 1 is 1.60 bits per heavy atom. The Kier molecular flexibility index (Phi) is 6.02. The highest BCUT2D eigenvalue weighted by atomic mass is 35.5. The van der Waals surface area contributed by atoms with Crippen molar-refractivity contribution in [3.63, 3.8) is 0 Å². The number of morpholine rings is 1. The first kappa shape index (κ1) is 10.2. The average Bonchev–Trinajstić information content (AvgIpc) is 1.91. The minimum absolute atomic E-state index is 0. The van der Waals surface area contributed by atoms with Crippen LogP contribution in [-0.2, 0) is 4.74 Å². The molecule has 0 amide bonds. The van der Waals surface area contributed by atoms with Gasteiger partial charge in [-0.15, -0.1) is 12.4 Å². The summed E-state index contributed by atoms with van der Waals surface area (Å²) in [7, 11) is 0. The van der Waals surface area contributed by atoms with Crippen LogP contribution in [0.4, 0.5) is 0 Å². The molecule has 0 aromatic heterocycles. The summed E-state index contributed by atoms with van der Waals surface area (Å²) in [5.41, 5.74) is 0. The normalized spacial score (nSPS) is 25.5. The average molecular weight is 168 g/mol. The van der Waals surface area contributed by atoms with Crippen molar-refractivity contribution in [2.75, 3.05) is 26.3 Å². The van der Waals surface area contributed by atoms with Gasteiger partial charge in [0.05, 0.1) is 12.7 Å². The fourth-order valence-corrected chi connectivity index (χ4v) is 0.949. The molecule has 0 saturated carbocycles. The summed E-state index contributed by atoms with van der Waals surface area (Å²) in [5, 5.41) is 11.7. The first-order valence-electron chi connectivity index (χ1n) is 3.36. The summed E-state index contributed by atoms with van der Waals surface area (Å²) in [6.07, 6.45) is 0.997.